The molecule has 0 aromatic rings. The summed E-state index contributed by atoms with van der Waals surface area (Å²) in [6.45, 7) is 3.72. The van der Waals surface area contributed by atoms with Gasteiger partial charge >= 0.3 is 6.03 Å². The van der Waals surface area contributed by atoms with E-state index in [4.69, 9.17) is 4.74 Å². The first kappa shape index (κ1) is 12.2. The molecule has 2 amide bonds. The Kier molecular flexibility index (Phi) is 3.70. The quantitative estimate of drug-likeness (QED) is 0.670. The van der Waals surface area contributed by atoms with Crippen LogP contribution in [0.5, 0.6) is 0 Å². The van der Waals surface area contributed by atoms with Crippen molar-refractivity contribution in [1.29, 1.82) is 0 Å². The molecule has 2 unspecified atom stereocenters. The Morgan fingerprint density at radius 2 is 1.89 bits per heavy atom. The molecule has 3 rings (SSSR count). The Bertz CT molecular complexity index is 305. The second-order valence-corrected chi connectivity index (χ2v) is 5.87. The molecule has 5 nitrogen and oxygen atoms in total. The van der Waals surface area contributed by atoms with Crippen molar-refractivity contribution in [1.82, 2.24) is 16.0 Å². The van der Waals surface area contributed by atoms with E-state index in [9.17, 15) is 4.79 Å². The number of carbonyl (C=O) groups is 1. The molecule has 2 heterocycles. The molecule has 3 fully saturated rings. The van der Waals surface area contributed by atoms with Crippen LogP contribution in [-0.2, 0) is 4.74 Å². The minimum atomic E-state index is -0.0140. The van der Waals surface area contributed by atoms with Crippen molar-refractivity contribution >= 4 is 6.03 Å². The standard InChI is InChI=1S/C13H23N3O2/c17-13(16-12-3-4-18-8-12)15-11-2-1-9-6-14-7-10(9)5-11/h9-12,14H,1-8H2,(H2,15,16,17)/t9-,10+,11?,12?/m0/s1. The summed E-state index contributed by atoms with van der Waals surface area (Å²) in [6, 6.07) is 0.544. The van der Waals surface area contributed by atoms with E-state index in [2.05, 4.69) is 16.0 Å². The predicted octanol–water partition coefficient (Wildman–Crippen LogP) is 0.463. The van der Waals surface area contributed by atoms with Crippen molar-refractivity contribution in [3.8, 4) is 0 Å². The minimum Gasteiger partial charge on any atom is -0.379 e. The maximum atomic E-state index is 11.9. The zero-order valence-corrected chi connectivity index (χ0v) is 10.8. The maximum absolute atomic E-state index is 11.9. The van der Waals surface area contributed by atoms with Gasteiger partial charge in [-0.25, -0.2) is 4.79 Å². The first-order chi connectivity index (χ1) is 8.81. The number of nitrogens with one attached hydrogen (secondary N) is 3. The lowest BCUT2D eigenvalue weighted by Crippen LogP contribution is -2.48. The van der Waals surface area contributed by atoms with E-state index in [0.717, 1.165) is 44.2 Å². The van der Waals surface area contributed by atoms with Crippen molar-refractivity contribution in [2.24, 2.45) is 11.8 Å². The second kappa shape index (κ2) is 5.45. The first-order valence-corrected chi connectivity index (χ1v) is 7.17. The Balaban J connectivity index is 1.43. The van der Waals surface area contributed by atoms with Crippen molar-refractivity contribution in [3.63, 3.8) is 0 Å². The molecule has 2 aliphatic heterocycles. The second-order valence-electron chi connectivity index (χ2n) is 5.87. The van der Waals surface area contributed by atoms with Gasteiger partial charge in [-0.05, 0) is 50.6 Å². The smallest absolute Gasteiger partial charge is 0.315 e. The van der Waals surface area contributed by atoms with Gasteiger partial charge in [-0.1, -0.05) is 0 Å². The Morgan fingerprint density at radius 3 is 2.72 bits per heavy atom. The summed E-state index contributed by atoms with van der Waals surface area (Å²) in [5.41, 5.74) is 0. The highest BCUT2D eigenvalue weighted by Gasteiger charge is 2.34. The monoisotopic (exact) mass is 253 g/mol. The third kappa shape index (κ3) is 2.78. The van der Waals surface area contributed by atoms with Crippen molar-refractivity contribution in [3.05, 3.63) is 0 Å². The maximum Gasteiger partial charge on any atom is 0.315 e. The fraction of sp³-hybridized carbons (Fsp3) is 0.923. The van der Waals surface area contributed by atoms with Crippen LogP contribution in [-0.4, -0.2) is 44.4 Å². The zero-order valence-electron chi connectivity index (χ0n) is 10.8. The summed E-state index contributed by atoms with van der Waals surface area (Å²) in [4.78, 5) is 11.9. The molecule has 1 aliphatic carbocycles. The van der Waals surface area contributed by atoms with E-state index < -0.39 is 0 Å². The van der Waals surface area contributed by atoms with Gasteiger partial charge in [0.1, 0.15) is 0 Å². The number of amides is 2. The highest BCUT2D eigenvalue weighted by atomic mass is 16.5. The van der Waals surface area contributed by atoms with E-state index >= 15 is 0 Å². The van der Waals surface area contributed by atoms with Crippen LogP contribution in [0.4, 0.5) is 4.79 Å². The molecule has 1 saturated carbocycles. The summed E-state index contributed by atoms with van der Waals surface area (Å²) in [7, 11) is 0. The molecule has 0 bridgehead atoms. The summed E-state index contributed by atoms with van der Waals surface area (Å²) < 4.78 is 5.25. The third-order valence-corrected chi connectivity index (χ3v) is 4.55. The van der Waals surface area contributed by atoms with Gasteiger partial charge in [0.05, 0.1) is 12.6 Å². The fourth-order valence-corrected chi connectivity index (χ4v) is 3.49. The molecular weight excluding hydrogens is 230 g/mol. The molecule has 0 aromatic carbocycles. The van der Waals surface area contributed by atoms with Gasteiger partial charge in [-0.3, -0.25) is 0 Å². The number of fused-ring (bicyclic) bond motifs is 1. The van der Waals surface area contributed by atoms with Gasteiger partial charge in [-0.2, -0.15) is 0 Å². The average molecular weight is 253 g/mol. The molecule has 0 aromatic heterocycles. The first-order valence-electron chi connectivity index (χ1n) is 7.17. The zero-order chi connectivity index (χ0) is 12.4. The SMILES string of the molecule is O=C(NC1CCOC1)NC1CC[C@H]2CNC[C@H]2C1. The number of carbonyl (C=O) groups excluding carboxylic acids is 1. The molecule has 4 atom stereocenters. The van der Waals surface area contributed by atoms with Gasteiger partial charge in [0.25, 0.3) is 0 Å². The highest BCUT2D eigenvalue weighted by molar-refractivity contribution is 5.74. The number of rotatable bonds is 2. The normalized spacial score (nSPS) is 39.3. The molecule has 102 valence electrons. The van der Waals surface area contributed by atoms with E-state index in [1.807, 2.05) is 0 Å². The van der Waals surface area contributed by atoms with Crippen LogP contribution < -0.4 is 16.0 Å². The van der Waals surface area contributed by atoms with Crippen LogP contribution >= 0.6 is 0 Å². The largest absolute Gasteiger partial charge is 0.379 e. The summed E-state index contributed by atoms with van der Waals surface area (Å²) >= 11 is 0. The van der Waals surface area contributed by atoms with E-state index in [1.54, 1.807) is 0 Å². The van der Waals surface area contributed by atoms with Crippen LogP contribution in [0, 0.1) is 11.8 Å². The summed E-state index contributed by atoms with van der Waals surface area (Å²) in [5.74, 6) is 1.60. The van der Waals surface area contributed by atoms with Crippen LogP contribution in [0.25, 0.3) is 0 Å². The highest BCUT2D eigenvalue weighted by Crippen LogP contribution is 2.32. The summed E-state index contributed by atoms with van der Waals surface area (Å²) in [5, 5.41) is 9.57. The van der Waals surface area contributed by atoms with E-state index in [0.29, 0.717) is 12.6 Å². The molecule has 18 heavy (non-hydrogen) atoms. The van der Waals surface area contributed by atoms with Gasteiger partial charge < -0.3 is 20.7 Å². The number of hydrogen-bond donors (Lipinski definition) is 3. The Hall–Kier alpha value is -0.810. The molecule has 0 spiro atoms. The lowest BCUT2D eigenvalue weighted by molar-refractivity contribution is 0.186. The Morgan fingerprint density at radius 1 is 1.06 bits per heavy atom. The number of ether oxygens (including phenoxy) is 1. The van der Waals surface area contributed by atoms with Crippen LogP contribution in [0.15, 0.2) is 0 Å². The number of hydrogen-bond acceptors (Lipinski definition) is 3. The molecule has 0 radical (unpaired) electrons. The van der Waals surface area contributed by atoms with E-state index in [-0.39, 0.29) is 12.1 Å². The van der Waals surface area contributed by atoms with Gasteiger partial charge in [0.15, 0.2) is 0 Å². The number of urea groups is 1. The Labute approximate surface area is 108 Å². The van der Waals surface area contributed by atoms with E-state index in [1.165, 1.54) is 13.0 Å². The fourth-order valence-electron chi connectivity index (χ4n) is 3.49. The van der Waals surface area contributed by atoms with Gasteiger partial charge in [0.2, 0.25) is 0 Å². The van der Waals surface area contributed by atoms with Crippen LogP contribution in [0.2, 0.25) is 0 Å². The molecule has 5 heteroatoms. The lowest BCUT2D eigenvalue weighted by Gasteiger charge is -2.31. The molecule has 2 saturated heterocycles. The third-order valence-electron chi connectivity index (χ3n) is 4.55. The van der Waals surface area contributed by atoms with Crippen molar-refractivity contribution in [2.75, 3.05) is 26.3 Å². The lowest BCUT2D eigenvalue weighted by atomic mass is 9.79. The topological polar surface area (TPSA) is 62.4 Å². The predicted molar refractivity (Wildman–Crippen MR) is 68.4 cm³/mol. The molecular formula is C13H23N3O2. The van der Waals surface area contributed by atoms with Crippen LogP contribution in [0.1, 0.15) is 25.7 Å². The molecule has 3 N–H and O–H groups in total. The van der Waals surface area contributed by atoms with Crippen molar-refractivity contribution in [2.45, 2.75) is 37.8 Å². The minimum absolute atomic E-state index is 0.0140. The van der Waals surface area contributed by atoms with Gasteiger partial charge in [0, 0.05) is 12.6 Å². The van der Waals surface area contributed by atoms with Crippen LogP contribution in [0.3, 0.4) is 0 Å². The summed E-state index contributed by atoms with van der Waals surface area (Å²) in [6.07, 6.45) is 4.44. The average Bonchev–Trinajstić information content (AvgIpc) is 2.98. The van der Waals surface area contributed by atoms with Crippen molar-refractivity contribution < 1.29 is 9.53 Å². The van der Waals surface area contributed by atoms with Gasteiger partial charge in [-0.15, -0.1) is 0 Å². The molecule has 3 aliphatic rings.